The number of ether oxygens (including phenoxy) is 2. The van der Waals surface area contributed by atoms with Crippen molar-refractivity contribution in [3.63, 3.8) is 0 Å². The highest BCUT2D eigenvalue weighted by Crippen LogP contribution is 2.47. The van der Waals surface area contributed by atoms with E-state index in [1.807, 2.05) is 0 Å². The number of hydrogen-bond donors (Lipinski definition) is 0. The number of hydrogen-bond acceptors (Lipinski definition) is 2. The average molecular weight is 512 g/mol. The fraction of sp³-hybridized carbons (Fsp3) is 0.500. The van der Waals surface area contributed by atoms with E-state index in [2.05, 4.69) is 108 Å². The second-order valence-corrected chi connectivity index (χ2v) is 9.32. The van der Waals surface area contributed by atoms with Gasteiger partial charge >= 0.3 is 0 Å². The molecule has 2 atom stereocenters. The number of unbranched alkanes of at least 4 members (excludes halogenated alkanes) is 2. The summed E-state index contributed by atoms with van der Waals surface area (Å²) >= 11 is 7.11. The van der Waals surface area contributed by atoms with Crippen molar-refractivity contribution < 1.29 is 9.47 Å². The molecular formula is C24H32Br2O2. The highest BCUT2D eigenvalue weighted by molar-refractivity contribution is 9.10. The van der Waals surface area contributed by atoms with E-state index < -0.39 is 11.2 Å². The standard InChI is InChI=1S/C24H32Br2O2/c1-5-7-17-27-23(3,19-9-13-21(25)14-10-19)24(4,28-18-8-6-2)20-11-15-22(26)16-12-20/h9-16H,5-8,17-18H2,1-4H3. The Kier molecular flexibility index (Phi) is 9.20. The zero-order valence-electron chi connectivity index (χ0n) is 17.4. The van der Waals surface area contributed by atoms with Crippen LogP contribution in [0.15, 0.2) is 57.5 Å². The van der Waals surface area contributed by atoms with Crippen LogP contribution in [0.1, 0.15) is 64.5 Å². The molecule has 2 aromatic carbocycles. The number of halogens is 2. The third kappa shape index (κ3) is 5.47. The van der Waals surface area contributed by atoms with E-state index in [0.29, 0.717) is 13.2 Å². The van der Waals surface area contributed by atoms with Crippen LogP contribution in [0.5, 0.6) is 0 Å². The summed E-state index contributed by atoms with van der Waals surface area (Å²) in [6.45, 7) is 10.1. The molecule has 154 valence electrons. The van der Waals surface area contributed by atoms with Gasteiger partial charge in [0.2, 0.25) is 0 Å². The molecule has 2 nitrogen and oxygen atoms in total. The summed E-state index contributed by atoms with van der Waals surface area (Å²) in [5.74, 6) is 0. The maximum atomic E-state index is 6.62. The summed E-state index contributed by atoms with van der Waals surface area (Å²) in [6.07, 6.45) is 4.25. The minimum atomic E-state index is -0.621. The molecule has 28 heavy (non-hydrogen) atoms. The molecule has 0 aromatic heterocycles. The SMILES string of the molecule is CCCCOC(C)(c1ccc(Br)cc1)C(C)(OCCCC)c1ccc(Br)cc1. The molecular weight excluding hydrogens is 480 g/mol. The first-order chi connectivity index (χ1) is 13.4. The largest absolute Gasteiger partial charge is 0.367 e. The quantitative estimate of drug-likeness (QED) is 0.284. The smallest absolute Gasteiger partial charge is 0.123 e. The first-order valence-electron chi connectivity index (χ1n) is 10.2. The monoisotopic (exact) mass is 510 g/mol. The van der Waals surface area contributed by atoms with Crippen LogP contribution < -0.4 is 0 Å². The fourth-order valence-corrected chi connectivity index (χ4v) is 3.90. The Morgan fingerprint density at radius 1 is 0.643 bits per heavy atom. The summed E-state index contributed by atoms with van der Waals surface area (Å²) < 4.78 is 15.4. The van der Waals surface area contributed by atoms with Gasteiger partial charge in [-0.1, -0.05) is 82.8 Å². The summed E-state index contributed by atoms with van der Waals surface area (Å²) in [4.78, 5) is 0. The van der Waals surface area contributed by atoms with Gasteiger partial charge in [-0.3, -0.25) is 0 Å². The second kappa shape index (κ2) is 10.9. The van der Waals surface area contributed by atoms with Crippen molar-refractivity contribution in [3.05, 3.63) is 68.6 Å². The molecule has 4 heteroatoms. The Bertz CT molecular complexity index is 651. The van der Waals surface area contributed by atoms with E-state index >= 15 is 0 Å². The summed E-state index contributed by atoms with van der Waals surface area (Å²) in [6, 6.07) is 16.8. The minimum absolute atomic E-state index is 0.621. The van der Waals surface area contributed by atoms with Crippen molar-refractivity contribution in [1.29, 1.82) is 0 Å². The molecule has 0 radical (unpaired) electrons. The molecule has 2 rings (SSSR count). The van der Waals surface area contributed by atoms with Crippen molar-refractivity contribution in [2.75, 3.05) is 13.2 Å². The Hall–Kier alpha value is -0.680. The van der Waals surface area contributed by atoms with Gasteiger partial charge in [0.25, 0.3) is 0 Å². The van der Waals surface area contributed by atoms with Crippen LogP contribution in [0.2, 0.25) is 0 Å². The number of rotatable bonds is 11. The van der Waals surface area contributed by atoms with E-state index in [9.17, 15) is 0 Å². The predicted octanol–water partition coefficient (Wildman–Crippen LogP) is 7.98. The van der Waals surface area contributed by atoms with Gasteiger partial charge in [-0.25, -0.2) is 0 Å². The lowest BCUT2D eigenvalue weighted by molar-refractivity contribution is -0.207. The molecule has 0 aliphatic rings. The van der Waals surface area contributed by atoms with Crippen molar-refractivity contribution >= 4 is 31.9 Å². The molecule has 0 aliphatic carbocycles. The Morgan fingerprint density at radius 3 is 1.25 bits per heavy atom. The third-order valence-electron chi connectivity index (χ3n) is 5.48. The van der Waals surface area contributed by atoms with E-state index in [-0.39, 0.29) is 0 Å². The molecule has 0 spiro atoms. The van der Waals surface area contributed by atoms with Crippen LogP contribution in [0.4, 0.5) is 0 Å². The van der Waals surface area contributed by atoms with Gasteiger partial charge in [-0.15, -0.1) is 0 Å². The molecule has 0 saturated carbocycles. The van der Waals surface area contributed by atoms with E-state index in [0.717, 1.165) is 45.8 Å². The first kappa shape index (κ1) is 23.6. The molecule has 0 fully saturated rings. The van der Waals surface area contributed by atoms with Crippen LogP contribution in [0.25, 0.3) is 0 Å². The van der Waals surface area contributed by atoms with Crippen LogP contribution >= 0.6 is 31.9 Å². The average Bonchev–Trinajstić information content (AvgIpc) is 2.69. The van der Waals surface area contributed by atoms with Gasteiger partial charge in [-0.2, -0.15) is 0 Å². The lowest BCUT2D eigenvalue weighted by Gasteiger charge is -2.47. The van der Waals surface area contributed by atoms with Crippen LogP contribution in [-0.4, -0.2) is 13.2 Å². The zero-order valence-corrected chi connectivity index (χ0v) is 20.6. The maximum Gasteiger partial charge on any atom is 0.123 e. The molecule has 2 aromatic rings. The van der Waals surface area contributed by atoms with Crippen molar-refractivity contribution in [1.82, 2.24) is 0 Å². The maximum absolute atomic E-state index is 6.62. The summed E-state index contributed by atoms with van der Waals surface area (Å²) in [5, 5.41) is 0. The van der Waals surface area contributed by atoms with E-state index in [1.165, 1.54) is 0 Å². The highest BCUT2D eigenvalue weighted by atomic mass is 79.9. The number of benzene rings is 2. The first-order valence-corrected chi connectivity index (χ1v) is 11.8. The summed E-state index contributed by atoms with van der Waals surface area (Å²) in [7, 11) is 0. The molecule has 0 N–H and O–H groups in total. The molecule has 0 aliphatic heterocycles. The molecule has 0 bridgehead atoms. The normalized spacial score (nSPS) is 15.8. The molecule has 0 saturated heterocycles. The lowest BCUT2D eigenvalue weighted by atomic mass is 9.75. The van der Waals surface area contributed by atoms with E-state index in [1.54, 1.807) is 0 Å². The molecule has 0 heterocycles. The van der Waals surface area contributed by atoms with Gasteiger partial charge in [0.05, 0.1) is 0 Å². The Morgan fingerprint density at radius 2 is 0.964 bits per heavy atom. The Labute approximate surface area is 187 Å². The lowest BCUT2D eigenvalue weighted by Crippen LogP contribution is -2.49. The van der Waals surface area contributed by atoms with Crippen molar-refractivity contribution in [2.45, 2.75) is 64.6 Å². The van der Waals surface area contributed by atoms with Gasteiger partial charge in [-0.05, 0) is 62.1 Å². The van der Waals surface area contributed by atoms with Gasteiger partial charge in [0.15, 0.2) is 0 Å². The zero-order chi connectivity index (χ0) is 20.6. The molecule has 0 amide bonds. The van der Waals surface area contributed by atoms with Crippen molar-refractivity contribution in [3.8, 4) is 0 Å². The van der Waals surface area contributed by atoms with Crippen LogP contribution in [0.3, 0.4) is 0 Å². The van der Waals surface area contributed by atoms with Crippen molar-refractivity contribution in [2.24, 2.45) is 0 Å². The third-order valence-corrected chi connectivity index (χ3v) is 6.54. The van der Waals surface area contributed by atoms with Gasteiger partial charge in [0.1, 0.15) is 11.2 Å². The fourth-order valence-electron chi connectivity index (χ4n) is 3.37. The topological polar surface area (TPSA) is 18.5 Å². The molecule has 2 unspecified atom stereocenters. The predicted molar refractivity (Wildman–Crippen MR) is 125 cm³/mol. The van der Waals surface area contributed by atoms with E-state index in [4.69, 9.17) is 9.47 Å². The second-order valence-electron chi connectivity index (χ2n) is 7.48. The summed E-state index contributed by atoms with van der Waals surface area (Å²) in [5.41, 5.74) is 0.997. The van der Waals surface area contributed by atoms with Crippen LogP contribution in [-0.2, 0) is 20.7 Å². The highest BCUT2D eigenvalue weighted by Gasteiger charge is 2.49. The van der Waals surface area contributed by atoms with Crippen LogP contribution in [0, 0.1) is 0 Å². The minimum Gasteiger partial charge on any atom is -0.367 e. The van der Waals surface area contributed by atoms with Gasteiger partial charge < -0.3 is 9.47 Å². The Balaban J connectivity index is 2.55. The van der Waals surface area contributed by atoms with Gasteiger partial charge in [0, 0.05) is 22.2 Å².